The van der Waals surface area contributed by atoms with Crippen LogP contribution in [0.15, 0.2) is 66.1 Å². The van der Waals surface area contributed by atoms with Gasteiger partial charge < -0.3 is 4.74 Å². The standard InChI is InChI=1S/C19H14ClNO3S/c1-2-10-24-16-9-4-3-6-13(16)11-17-18(22)21(19(23)25-17)15-8-5-7-14(20)12-15/h2-9,11-12H,1,10H2/b17-11+. The summed E-state index contributed by atoms with van der Waals surface area (Å²) in [4.78, 5) is 26.4. The lowest BCUT2D eigenvalue weighted by Crippen LogP contribution is -2.27. The molecule has 3 rings (SSSR count). The Morgan fingerprint density at radius 1 is 1.16 bits per heavy atom. The van der Waals surface area contributed by atoms with Gasteiger partial charge in [0.25, 0.3) is 11.1 Å². The number of rotatable bonds is 5. The summed E-state index contributed by atoms with van der Waals surface area (Å²) >= 11 is 6.85. The monoisotopic (exact) mass is 371 g/mol. The van der Waals surface area contributed by atoms with E-state index < -0.39 is 0 Å². The maximum Gasteiger partial charge on any atom is 0.298 e. The van der Waals surface area contributed by atoms with E-state index in [-0.39, 0.29) is 11.1 Å². The lowest BCUT2D eigenvalue weighted by atomic mass is 10.2. The van der Waals surface area contributed by atoms with Gasteiger partial charge in [0, 0.05) is 10.6 Å². The van der Waals surface area contributed by atoms with Crippen molar-refractivity contribution in [2.75, 3.05) is 11.5 Å². The van der Waals surface area contributed by atoms with Crippen LogP contribution in [0.1, 0.15) is 5.56 Å². The number of benzene rings is 2. The van der Waals surface area contributed by atoms with Crippen LogP contribution >= 0.6 is 23.4 Å². The van der Waals surface area contributed by atoms with Crippen LogP contribution in [-0.4, -0.2) is 17.8 Å². The Labute approximate surface area is 154 Å². The second-order valence-electron chi connectivity index (χ2n) is 5.13. The van der Waals surface area contributed by atoms with Gasteiger partial charge in [-0.25, -0.2) is 4.90 Å². The van der Waals surface area contributed by atoms with E-state index in [1.165, 1.54) is 0 Å². The average molecular weight is 372 g/mol. The summed E-state index contributed by atoms with van der Waals surface area (Å²) in [6.07, 6.45) is 3.30. The van der Waals surface area contributed by atoms with E-state index in [0.29, 0.717) is 28.0 Å². The van der Waals surface area contributed by atoms with Crippen molar-refractivity contribution in [2.45, 2.75) is 0 Å². The Bertz CT molecular complexity index is 878. The third-order valence-electron chi connectivity index (χ3n) is 3.42. The number of carbonyl (C=O) groups is 2. The first-order valence-electron chi connectivity index (χ1n) is 7.46. The van der Waals surface area contributed by atoms with Gasteiger partial charge in [0.2, 0.25) is 0 Å². The molecule has 1 aliphatic rings. The summed E-state index contributed by atoms with van der Waals surface area (Å²) in [5.41, 5.74) is 1.18. The first-order valence-corrected chi connectivity index (χ1v) is 8.66. The number of imide groups is 1. The average Bonchev–Trinajstić information content (AvgIpc) is 2.88. The molecule has 0 radical (unpaired) electrons. The Balaban J connectivity index is 1.92. The molecular formula is C19H14ClNO3S. The normalized spacial score (nSPS) is 15.7. The van der Waals surface area contributed by atoms with Gasteiger partial charge in [0.15, 0.2) is 0 Å². The van der Waals surface area contributed by atoms with Gasteiger partial charge in [-0.2, -0.15) is 0 Å². The fourth-order valence-electron chi connectivity index (χ4n) is 2.33. The molecule has 1 fully saturated rings. The number of carbonyl (C=O) groups excluding carboxylic acids is 2. The molecule has 0 aromatic heterocycles. The van der Waals surface area contributed by atoms with Crippen LogP contribution in [-0.2, 0) is 4.79 Å². The molecule has 2 aromatic rings. The van der Waals surface area contributed by atoms with Crippen LogP contribution in [0, 0.1) is 0 Å². The minimum Gasteiger partial charge on any atom is -0.489 e. The molecule has 0 aliphatic carbocycles. The van der Waals surface area contributed by atoms with Crippen molar-refractivity contribution in [2.24, 2.45) is 0 Å². The van der Waals surface area contributed by atoms with E-state index in [2.05, 4.69) is 6.58 Å². The van der Waals surface area contributed by atoms with E-state index in [9.17, 15) is 9.59 Å². The van der Waals surface area contributed by atoms with Gasteiger partial charge in [-0.05, 0) is 42.1 Å². The van der Waals surface area contributed by atoms with Crippen LogP contribution in [0.2, 0.25) is 5.02 Å². The maximum absolute atomic E-state index is 12.7. The summed E-state index contributed by atoms with van der Waals surface area (Å²) in [5.74, 6) is 0.243. The zero-order valence-electron chi connectivity index (χ0n) is 13.1. The molecule has 0 bridgehead atoms. The number of para-hydroxylation sites is 1. The fraction of sp³-hybridized carbons (Fsp3) is 0.0526. The molecule has 126 valence electrons. The summed E-state index contributed by atoms with van der Waals surface area (Å²) < 4.78 is 5.59. The zero-order chi connectivity index (χ0) is 17.8. The zero-order valence-corrected chi connectivity index (χ0v) is 14.7. The minimum atomic E-state index is -0.379. The van der Waals surface area contributed by atoms with Crippen molar-refractivity contribution < 1.29 is 14.3 Å². The predicted molar refractivity (Wildman–Crippen MR) is 102 cm³/mol. The van der Waals surface area contributed by atoms with Crippen LogP contribution in [0.4, 0.5) is 10.5 Å². The topological polar surface area (TPSA) is 46.6 Å². The fourth-order valence-corrected chi connectivity index (χ4v) is 3.34. The maximum atomic E-state index is 12.7. The van der Waals surface area contributed by atoms with Gasteiger partial charge in [0.1, 0.15) is 12.4 Å². The van der Waals surface area contributed by atoms with Crippen molar-refractivity contribution in [3.05, 3.63) is 76.7 Å². The molecule has 1 saturated heterocycles. The van der Waals surface area contributed by atoms with Gasteiger partial charge in [-0.3, -0.25) is 9.59 Å². The second-order valence-corrected chi connectivity index (χ2v) is 6.56. The van der Waals surface area contributed by atoms with Gasteiger partial charge in [-0.15, -0.1) is 0 Å². The highest BCUT2D eigenvalue weighted by Crippen LogP contribution is 2.37. The summed E-state index contributed by atoms with van der Waals surface area (Å²) in [7, 11) is 0. The Hall–Kier alpha value is -2.50. The van der Waals surface area contributed by atoms with E-state index in [0.717, 1.165) is 22.2 Å². The number of amides is 2. The van der Waals surface area contributed by atoms with Crippen LogP contribution in [0.25, 0.3) is 6.08 Å². The molecule has 0 atom stereocenters. The van der Waals surface area contributed by atoms with Gasteiger partial charge in [0.05, 0.1) is 10.6 Å². The third kappa shape index (κ3) is 3.78. The molecule has 0 N–H and O–H groups in total. The van der Waals surface area contributed by atoms with Crippen LogP contribution < -0.4 is 9.64 Å². The smallest absolute Gasteiger partial charge is 0.298 e. The molecule has 2 amide bonds. The molecule has 4 nitrogen and oxygen atoms in total. The van der Waals surface area contributed by atoms with Crippen LogP contribution in [0.3, 0.4) is 0 Å². The van der Waals surface area contributed by atoms with Crippen molar-refractivity contribution in [3.63, 3.8) is 0 Å². The van der Waals surface area contributed by atoms with Crippen molar-refractivity contribution >= 4 is 46.3 Å². The highest BCUT2D eigenvalue weighted by atomic mass is 35.5. The number of hydrogen-bond donors (Lipinski definition) is 0. The van der Waals surface area contributed by atoms with Gasteiger partial charge in [-0.1, -0.05) is 48.5 Å². The molecule has 0 spiro atoms. The predicted octanol–water partition coefficient (Wildman–Crippen LogP) is 5.15. The van der Waals surface area contributed by atoms with Crippen molar-refractivity contribution in [3.8, 4) is 5.75 Å². The number of halogens is 1. The van der Waals surface area contributed by atoms with E-state index >= 15 is 0 Å². The van der Waals surface area contributed by atoms with Gasteiger partial charge >= 0.3 is 0 Å². The number of nitrogens with zero attached hydrogens (tertiary/aromatic N) is 1. The Morgan fingerprint density at radius 2 is 1.96 bits per heavy atom. The second kappa shape index (κ2) is 7.59. The quantitative estimate of drug-likeness (QED) is 0.539. The number of thioether (sulfide) groups is 1. The molecule has 0 saturated carbocycles. The SMILES string of the molecule is C=CCOc1ccccc1/C=C1/SC(=O)N(c2cccc(Cl)c2)C1=O. The van der Waals surface area contributed by atoms with Crippen LogP contribution in [0.5, 0.6) is 5.75 Å². The Kier molecular flexibility index (Phi) is 5.26. The highest BCUT2D eigenvalue weighted by molar-refractivity contribution is 8.19. The number of ether oxygens (including phenoxy) is 1. The largest absolute Gasteiger partial charge is 0.489 e. The molecule has 1 aliphatic heterocycles. The molecule has 6 heteroatoms. The summed E-state index contributed by atoms with van der Waals surface area (Å²) in [6.45, 7) is 3.98. The molecule has 1 heterocycles. The summed E-state index contributed by atoms with van der Waals surface area (Å²) in [6, 6.07) is 14.0. The molecule has 0 unspecified atom stereocenters. The Morgan fingerprint density at radius 3 is 2.72 bits per heavy atom. The molecule has 25 heavy (non-hydrogen) atoms. The summed E-state index contributed by atoms with van der Waals surface area (Å²) in [5, 5.41) is 0.103. The number of hydrogen-bond acceptors (Lipinski definition) is 4. The first-order chi connectivity index (χ1) is 12.1. The molecular weight excluding hydrogens is 358 g/mol. The third-order valence-corrected chi connectivity index (χ3v) is 4.53. The van der Waals surface area contributed by atoms with Crippen molar-refractivity contribution in [1.29, 1.82) is 0 Å². The van der Waals surface area contributed by atoms with E-state index in [1.807, 2.05) is 18.2 Å². The lowest BCUT2D eigenvalue weighted by Gasteiger charge is -2.12. The van der Waals surface area contributed by atoms with E-state index in [1.54, 1.807) is 42.5 Å². The van der Waals surface area contributed by atoms with E-state index in [4.69, 9.17) is 16.3 Å². The minimum absolute atomic E-state index is 0.333. The molecule has 2 aromatic carbocycles. The first kappa shape index (κ1) is 17.3. The van der Waals surface area contributed by atoms with Crippen molar-refractivity contribution in [1.82, 2.24) is 0 Å². The lowest BCUT2D eigenvalue weighted by molar-refractivity contribution is -0.113. The number of anilines is 1. The highest BCUT2D eigenvalue weighted by Gasteiger charge is 2.36.